The molecule has 1 rings (SSSR count). The number of unbranched alkanes of at least 4 members (excludes halogenated alkanes) is 7. The highest BCUT2D eigenvalue weighted by atomic mass is 16.3. The molecule has 2 atom stereocenters. The monoisotopic (exact) mass is 342 g/mol. The summed E-state index contributed by atoms with van der Waals surface area (Å²) in [5.41, 5.74) is 0. The van der Waals surface area contributed by atoms with Crippen LogP contribution in [0.4, 0.5) is 0 Å². The lowest BCUT2D eigenvalue weighted by molar-refractivity contribution is -0.133. The van der Waals surface area contributed by atoms with E-state index in [1.54, 1.807) is 11.9 Å². The van der Waals surface area contributed by atoms with E-state index >= 15 is 0 Å². The van der Waals surface area contributed by atoms with E-state index in [4.69, 9.17) is 0 Å². The number of carbonyl (C=O) groups is 2. The average molecular weight is 342 g/mol. The summed E-state index contributed by atoms with van der Waals surface area (Å²) >= 11 is 0. The van der Waals surface area contributed by atoms with Gasteiger partial charge in [-0.3, -0.25) is 9.59 Å². The van der Waals surface area contributed by atoms with Crippen molar-refractivity contribution in [2.24, 2.45) is 0 Å². The van der Waals surface area contributed by atoms with Gasteiger partial charge in [0.05, 0.1) is 18.8 Å². The first-order valence-electron chi connectivity index (χ1n) is 9.37. The minimum Gasteiger partial charge on any atom is -0.394 e. The summed E-state index contributed by atoms with van der Waals surface area (Å²) in [7, 11) is 1.67. The van der Waals surface area contributed by atoms with Crippen LogP contribution in [0.2, 0.25) is 0 Å². The van der Waals surface area contributed by atoms with E-state index in [0.717, 1.165) is 32.1 Å². The molecular formula is C18H34N2O4. The molecular weight excluding hydrogens is 308 g/mol. The van der Waals surface area contributed by atoms with Crippen molar-refractivity contribution in [1.29, 1.82) is 0 Å². The largest absolute Gasteiger partial charge is 0.394 e. The molecule has 2 amide bonds. The van der Waals surface area contributed by atoms with Crippen LogP contribution >= 0.6 is 0 Å². The summed E-state index contributed by atoms with van der Waals surface area (Å²) in [5.74, 6) is 0.174. The molecule has 0 aromatic carbocycles. The van der Waals surface area contributed by atoms with Gasteiger partial charge < -0.3 is 20.4 Å². The second-order valence-electron chi connectivity index (χ2n) is 6.77. The minimum absolute atomic E-state index is 0.0554. The number of rotatable bonds is 12. The summed E-state index contributed by atoms with van der Waals surface area (Å²) < 4.78 is 0. The number of carbonyl (C=O) groups excluding carboxylic acids is 2. The highest BCUT2D eigenvalue weighted by molar-refractivity contribution is 5.77. The summed E-state index contributed by atoms with van der Waals surface area (Å²) in [5, 5.41) is 21.5. The Morgan fingerprint density at radius 3 is 2.08 bits per heavy atom. The van der Waals surface area contributed by atoms with Gasteiger partial charge in [0, 0.05) is 26.4 Å². The fourth-order valence-corrected chi connectivity index (χ4v) is 3.26. The van der Waals surface area contributed by atoms with Gasteiger partial charge in [-0.1, -0.05) is 38.5 Å². The Morgan fingerprint density at radius 1 is 1.00 bits per heavy atom. The van der Waals surface area contributed by atoms with Crippen molar-refractivity contribution in [2.75, 3.05) is 20.2 Å². The molecule has 1 aliphatic rings. The summed E-state index contributed by atoms with van der Waals surface area (Å²) in [4.78, 5) is 24.8. The number of aliphatic hydroxyl groups excluding tert-OH is 2. The molecule has 3 N–H and O–H groups in total. The normalized spacial score (nSPS) is 20.4. The molecule has 24 heavy (non-hydrogen) atoms. The van der Waals surface area contributed by atoms with E-state index < -0.39 is 6.10 Å². The number of hydrogen-bond donors (Lipinski definition) is 3. The van der Waals surface area contributed by atoms with Gasteiger partial charge in [0.1, 0.15) is 0 Å². The first kappa shape index (κ1) is 20.9. The zero-order chi connectivity index (χ0) is 17.8. The topological polar surface area (TPSA) is 89.9 Å². The predicted octanol–water partition coefficient (Wildman–Crippen LogP) is 1.59. The van der Waals surface area contributed by atoms with Crippen LogP contribution in [0, 0.1) is 0 Å². The molecule has 0 saturated carbocycles. The Kier molecular flexibility index (Phi) is 10.7. The molecule has 6 nitrogen and oxygen atoms in total. The highest BCUT2D eigenvalue weighted by Crippen LogP contribution is 2.19. The van der Waals surface area contributed by atoms with Crippen LogP contribution in [0.1, 0.15) is 70.6 Å². The van der Waals surface area contributed by atoms with Crippen LogP contribution in [-0.4, -0.2) is 59.3 Å². The Balaban J connectivity index is 1.95. The SMILES string of the molecule is CNC(=O)CCCCCCCCCCC(=O)N1C[C@H](O)C[C@H]1CO. The fourth-order valence-electron chi connectivity index (χ4n) is 3.26. The van der Waals surface area contributed by atoms with Gasteiger partial charge in [0.15, 0.2) is 0 Å². The van der Waals surface area contributed by atoms with Gasteiger partial charge in [-0.05, 0) is 19.3 Å². The van der Waals surface area contributed by atoms with E-state index in [9.17, 15) is 19.8 Å². The summed E-state index contributed by atoms with van der Waals surface area (Å²) in [6.07, 6.45) is 9.78. The summed E-state index contributed by atoms with van der Waals surface area (Å²) in [6.45, 7) is 0.294. The van der Waals surface area contributed by atoms with E-state index in [0.29, 0.717) is 25.8 Å². The van der Waals surface area contributed by atoms with Crippen molar-refractivity contribution in [3.63, 3.8) is 0 Å². The van der Waals surface area contributed by atoms with E-state index in [1.165, 1.54) is 19.3 Å². The Morgan fingerprint density at radius 2 is 1.54 bits per heavy atom. The second-order valence-corrected chi connectivity index (χ2v) is 6.77. The van der Waals surface area contributed by atoms with Crippen LogP contribution in [0.15, 0.2) is 0 Å². The number of aliphatic hydroxyl groups is 2. The maximum Gasteiger partial charge on any atom is 0.222 e. The van der Waals surface area contributed by atoms with Gasteiger partial charge in [-0.25, -0.2) is 0 Å². The molecule has 0 spiro atoms. The van der Waals surface area contributed by atoms with Crippen molar-refractivity contribution < 1.29 is 19.8 Å². The third-order valence-corrected chi connectivity index (χ3v) is 4.75. The van der Waals surface area contributed by atoms with Crippen molar-refractivity contribution in [1.82, 2.24) is 10.2 Å². The van der Waals surface area contributed by atoms with Gasteiger partial charge in [-0.15, -0.1) is 0 Å². The lowest BCUT2D eigenvalue weighted by Gasteiger charge is -2.22. The lowest BCUT2D eigenvalue weighted by Crippen LogP contribution is -2.37. The van der Waals surface area contributed by atoms with Crippen LogP contribution in [0.25, 0.3) is 0 Å². The van der Waals surface area contributed by atoms with Gasteiger partial charge >= 0.3 is 0 Å². The van der Waals surface area contributed by atoms with E-state index in [-0.39, 0.29) is 24.5 Å². The molecule has 6 heteroatoms. The van der Waals surface area contributed by atoms with Gasteiger partial charge in [-0.2, -0.15) is 0 Å². The van der Waals surface area contributed by atoms with Gasteiger partial charge in [0.25, 0.3) is 0 Å². The maximum atomic E-state index is 12.1. The van der Waals surface area contributed by atoms with E-state index in [1.807, 2.05) is 0 Å². The Labute approximate surface area is 145 Å². The van der Waals surface area contributed by atoms with Crippen molar-refractivity contribution in [3.05, 3.63) is 0 Å². The zero-order valence-electron chi connectivity index (χ0n) is 15.0. The number of hydrogen-bond acceptors (Lipinski definition) is 4. The van der Waals surface area contributed by atoms with Crippen LogP contribution in [-0.2, 0) is 9.59 Å². The first-order valence-corrected chi connectivity index (χ1v) is 9.37. The first-order chi connectivity index (χ1) is 11.6. The average Bonchev–Trinajstić information content (AvgIpc) is 2.97. The van der Waals surface area contributed by atoms with Crippen molar-refractivity contribution in [2.45, 2.75) is 82.8 Å². The molecule has 1 heterocycles. The maximum absolute atomic E-state index is 12.1. The molecule has 0 aliphatic carbocycles. The predicted molar refractivity (Wildman–Crippen MR) is 93.4 cm³/mol. The molecule has 0 aromatic rings. The van der Waals surface area contributed by atoms with Crippen LogP contribution in [0.5, 0.6) is 0 Å². The molecule has 0 aromatic heterocycles. The number of β-amino-alcohol motifs (C(OH)–C–C–N with tert-alkyl or cyclic N) is 1. The second kappa shape index (κ2) is 12.3. The number of likely N-dealkylation sites (tertiary alicyclic amines) is 1. The van der Waals surface area contributed by atoms with Crippen LogP contribution in [0.3, 0.4) is 0 Å². The third-order valence-electron chi connectivity index (χ3n) is 4.75. The Bertz CT molecular complexity index is 376. The molecule has 140 valence electrons. The molecule has 1 saturated heterocycles. The highest BCUT2D eigenvalue weighted by Gasteiger charge is 2.33. The van der Waals surface area contributed by atoms with Crippen molar-refractivity contribution in [3.8, 4) is 0 Å². The van der Waals surface area contributed by atoms with Crippen molar-refractivity contribution >= 4 is 11.8 Å². The molecule has 0 unspecified atom stereocenters. The smallest absolute Gasteiger partial charge is 0.222 e. The molecule has 1 aliphatic heterocycles. The molecule has 0 radical (unpaired) electrons. The number of nitrogens with zero attached hydrogens (tertiary/aromatic N) is 1. The standard InChI is InChI=1S/C18H34N2O4/c1-19-17(23)10-8-6-4-2-3-5-7-9-11-18(24)20-13-16(22)12-15(20)14-21/h15-16,21-22H,2-14H2,1H3,(H,19,23)/t15-,16+/m0/s1. The third kappa shape index (κ3) is 8.11. The number of amides is 2. The summed E-state index contributed by atoms with van der Waals surface area (Å²) in [6, 6.07) is -0.206. The van der Waals surface area contributed by atoms with E-state index in [2.05, 4.69) is 5.32 Å². The zero-order valence-corrected chi connectivity index (χ0v) is 15.0. The molecule has 0 bridgehead atoms. The number of nitrogens with one attached hydrogen (secondary N) is 1. The molecule has 1 fully saturated rings. The van der Waals surface area contributed by atoms with Crippen LogP contribution < -0.4 is 5.32 Å². The minimum atomic E-state index is -0.491. The fraction of sp³-hybridized carbons (Fsp3) is 0.889. The van der Waals surface area contributed by atoms with Gasteiger partial charge in [0.2, 0.25) is 11.8 Å². The Hall–Kier alpha value is -1.14. The quantitative estimate of drug-likeness (QED) is 0.470. The lowest BCUT2D eigenvalue weighted by atomic mass is 10.1.